The van der Waals surface area contributed by atoms with Crippen LogP contribution < -0.4 is 4.74 Å². The van der Waals surface area contributed by atoms with E-state index in [9.17, 15) is 13.6 Å². The van der Waals surface area contributed by atoms with Gasteiger partial charge in [0.05, 0.1) is 5.92 Å². The van der Waals surface area contributed by atoms with Gasteiger partial charge in [-0.3, -0.25) is 4.79 Å². The lowest BCUT2D eigenvalue weighted by atomic mass is 9.68. The number of carbonyl (C=O) groups excluding carboxylic acids is 1. The first-order valence-electron chi connectivity index (χ1n) is 13.7. The number of ether oxygens (including phenoxy) is 1. The van der Waals surface area contributed by atoms with E-state index in [1.807, 2.05) is 6.92 Å². The first kappa shape index (κ1) is 25.9. The summed E-state index contributed by atoms with van der Waals surface area (Å²) in [4.78, 5) is 12.7. The van der Waals surface area contributed by atoms with E-state index in [0.717, 1.165) is 49.7 Å². The Kier molecular flexibility index (Phi) is 8.97. The highest BCUT2D eigenvalue weighted by atomic mass is 19.1. The molecule has 1 unspecified atom stereocenters. The summed E-state index contributed by atoms with van der Waals surface area (Å²) in [5, 5.41) is 0. The monoisotopic (exact) mass is 482 g/mol. The first-order valence-corrected chi connectivity index (χ1v) is 13.7. The minimum Gasteiger partial charge on any atom is -0.426 e. The Morgan fingerprint density at radius 2 is 1.49 bits per heavy atom. The second-order valence-electron chi connectivity index (χ2n) is 11.0. The summed E-state index contributed by atoms with van der Waals surface area (Å²) in [5.74, 6) is 1.09. The molecule has 0 aliphatic heterocycles. The van der Waals surface area contributed by atoms with E-state index >= 15 is 0 Å². The van der Waals surface area contributed by atoms with E-state index in [1.165, 1.54) is 37.7 Å². The lowest BCUT2D eigenvalue weighted by Gasteiger charge is -2.38. The summed E-state index contributed by atoms with van der Waals surface area (Å²) < 4.78 is 33.8. The van der Waals surface area contributed by atoms with E-state index in [2.05, 4.69) is 37.3 Å². The molecule has 190 valence electrons. The fraction of sp³-hybridized carbons (Fsp3) is 0.581. The second-order valence-corrected chi connectivity index (χ2v) is 11.0. The van der Waals surface area contributed by atoms with Gasteiger partial charge in [0, 0.05) is 17.7 Å². The summed E-state index contributed by atoms with van der Waals surface area (Å²) in [6, 6.07) is 13.1. The molecule has 2 aromatic carbocycles. The van der Waals surface area contributed by atoms with Gasteiger partial charge in [-0.1, -0.05) is 63.4 Å². The van der Waals surface area contributed by atoms with Gasteiger partial charge in [-0.15, -0.1) is 0 Å². The van der Waals surface area contributed by atoms with E-state index < -0.39 is 11.6 Å². The standard InChI is InChI=1S/C31H40F2O2/c1-3-7-28-29(32)19-27(20-30(28)33)35-31(34)26-16-14-25(15-17-26)24-12-10-22(11-13-24)18-21(2)23-8-5-4-6-9-23/h4-6,8-9,19-22,24-26H,3,7,10-18H2,1-2H3. The first-order chi connectivity index (χ1) is 16.9. The van der Waals surface area contributed by atoms with E-state index in [4.69, 9.17) is 4.74 Å². The van der Waals surface area contributed by atoms with Crippen LogP contribution in [0.1, 0.15) is 95.1 Å². The zero-order valence-corrected chi connectivity index (χ0v) is 21.3. The quantitative estimate of drug-likeness (QED) is 0.278. The Morgan fingerprint density at radius 1 is 0.914 bits per heavy atom. The van der Waals surface area contributed by atoms with Crippen molar-refractivity contribution in [1.29, 1.82) is 0 Å². The van der Waals surface area contributed by atoms with Gasteiger partial charge in [0.25, 0.3) is 0 Å². The molecule has 0 amide bonds. The van der Waals surface area contributed by atoms with Crippen molar-refractivity contribution in [3.63, 3.8) is 0 Å². The van der Waals surface area contributed by atoms with Crippen molar-refractivity contribution in [2.75, 3.05) is 0 Å². The highest BCUT2D eigenvalue weighted by Crippen LogP contribution is 2.43. The molecule has 2 fully saturated rings. The molecule has 4 heteroatoms. The fourth-order valence-corrected chi connectivity index (χ4v) is 6.47. The Morgan fingerprint density at radius 3 is 2.06 bits per heavy atom. The van der Waals surface area contributed by atoms with E-state index in [-0.39, 0.29) is 23.2 Å². The SMILES string of the molecule is CCCc1c(F)cc(OC(=O)C2CCC(C3CCC(CC(C)c4ccccc4)CC3)CC2)cc1F. The molecule has 0 saturated heterocycles. The van der Waals surface area contributed by atoms with Crippen LogP contribution in [0, 0.1) is 35.3 Å². The third kappa shape index (κ3) is 6.71. The summed E-state index contributed by atoms with van der Waals surface area (Å²) in [6.07, 6.45) is 11.2. The van der Waals surface area contributed by atoms with E-state index in [1.54, 1.807) is 0 Å². The van der Waals surface area contributed by atoms with Crippen LogP contribution in [0.2, 0.25) is 0 Å². The number of rotatable bonds is 8. The number of esters is 1. The maximum Gasteiger partial charge on any atom is 0.314 e. The van der Waals surface area contributed by atoms with Gasteiger partial charge in [0.15, 0.2) is 0 Å². The van der Waals surface area contributed by atoms with Crippen LogP contribution in [0.4, 0.5) is 8.78 Å². The maximum absolute atomic E-state index is 14.2. The Hall–Kier alpha value is -2.23. The van der Waals surface area contributed by atoms with Crippen LogP contribution in [0.5, 0.6) is 5.75 Å². The zero-order chi connectivity index (χ0) is 24.8. The molecule has 2 aromatic rings. The molecule has 0 radical (unpaired) electrons. The van der Waals surface area contributed by atoms with Crippen LogP contribution in [0.15, 0.2) is 42.5 Å². The molecule has 2 nitrogen and oxygen atoms in total. The minimum atomic E-state index is -0.632. The van der Waals surface area contributed by atoms with Gasteiger partial charge in [0.2, 0.25) is 0 Å². The molecule has 2 saturated carbocycles. The Labute approximate surface area is 209 Å². The van der Waals surface area contributed by atoms with E-state index in [0.29, 0.717) is 24.7 Å². The number of benzene rings is 2. The van der Waals surface area contributed by atoms with Crippen molar-refractivity contribution >= 4 is 5.97 Å². The normalized spacial score (nSPS) is 25.7. The van der Waals surface area contributed by atoms with Crippen LogP contribution in [-0.4, -0.2) is 5.97 Å². The van der Waals surface area contributed by atoms with Crippen molar-refractivity contribution in [1.82, 2.24) is 0 Å². The molecule has 0 N–H and O–H groups in total. The summed E-state index contributed by atoms with van der Waals surface area (Å²) >= 11 is 0. The molecule has 35 heavy (non-hydrogen) atoms. The average molecular weight is 483 g/mol. The number of halogens is 2. The van der Waals surface area contributed by atoms with Crippen molar-refractivity contribution in [3.8, 4) is 5.75 Å². The van der Waals surface area contributed by atoms with Crippen LogP contribution >= 0.6 is 0 Å². The summed E-state index contributed by atoms with van der Waals surface area (Å²) in [6.45, 7) is 4.23. The molecule has 0 spiro atoms. The lowest BCUT2D eigenvalue weighted by Crippen LogP contribution is -2.30. The minimum absolute atomic E-state index is 0.0185. The van der Waals surface area contributed by atoms with Crippen molar-refractivity contribution in [2.45, 2.75) is 90.4 Å². The summed E-state index contributed by atoms with van der Waals surface area (Å²) in [7, 11) is 0. The molecule has 2 aliphatic carbocycles. The highest BCUT2D eigenvalue weighted by Gasteiger charge is 2.34. The van der Waals surface area contributed by atoms with Gasteiger partial charge >= 0.3 is 5.97 Å². The summed E-state index contributed by atoms with van der Waals surface area (Å²) in [5.41, 5.74) is 1.51. The molecule has 0 aromatic heterocycles. The zero-order valence-electron chi connectivity index (χ0n) is 21.3. The second kappa shape index (κ2) is 12.1. The predicted molar refractivity (Wildman–Crippen MR) is 136 cm³/mol. The lowest BCUT2D eigenvalue weighted by molar-refractivity contribution is -0.140. The molecule has 0 heterocycles. The largest absolute Gasteiger partial charge is 0.426 e. The average Bonchev–Trinajstić information content (AvgIpc) is 2.87. The molecular weight excluding hydrogens is 442 g/mol. The molecule has 1 atom stereocenters. The fourth-order valence-electron chi connectivity index (χ4n) is 6.47. The molecule has 0 bridgehead atoms. The Bertz CT molecular complexity index is 934. The molecular formula is C31H40F2O2. The van der Waals surface area contributed by atoms with Crippen LogP contribution in [0.25, 0.3) is 0 Å². The van der Waals surface area contributed by atoms with Gasteiger partial charge in [0.1, 0.15) is 17.4 Å². The van der Waals surface area contributed by atoms with Crippen LogP contribution in [0.3, 0.4) is 0 Å². The number of carbonyl (C=O) groups is 1. The van der Waals surface area contributed by atoms with Gasteiger partial charge < -0.3 is 4.74 Å². The topological polar surface area (TPSA) is 26.3 Å². The van der Waals surface area contributed by atoms with Gasteiger partial charge in [-0.05, 0) is 80.6 Å². The highest BCUT2D eigenvalue weighted by molar-refractivity contribution is 5.75. The smallest absolute Gasteiger partial charge is 0.314 e. The van der Waals surface area contributed by atoms with Crippen LogP contribution in [-0.2, 0) is 11.2 Å². The number of hydrogen-bond donors (Lipinski definition) is 0. The third-order valence-corrected chi connectivity index (χ3v) is 8.55. The molecule has 2 aliphatic rings. The predicted octanol–water partition coefficient (Wildman–Crippen LogP) is 8.63. The third-order valence-electron chi connectivity index (χ3n) is 8.55. The van der Waals surface area contributed by atoms with Gasteiger partial charge in [-0.25, -0.2) is 8.78 Å². The van der Waals surface area contributed by atoms with Crippen molar-refractivity contribution < 1.29 is 18.3 Å². The number of hydrogen-bond acceptors (Lipinski definition) is 2. The van der Waals surface area contributed by atoms with Gasteiger partial charge in [-0.2, -0.15) is 0 Å². The van der Waals surface area contributed by atoms with Crippen molar-refractivity contribution in [3.05, 3.63) is 65.2 Å². The molecule has 4 rings (SSSR count). The van der Waals surface area contributed by atoms with Crippen molar-refractivity contribution in [2.24, 2.45) is 23.7 Å². The maximum atomic E-state index is 14.2. The Balaban J connectivity index is 1.21.